The lowest BCUT2D eigenvalue weighted by Crippen LogP contribution is -2.36. The molecular formula is C23H26N2O5. The fourth-order valence-corrected chi connectivity index (χ4v) is 3.65. The van der Waals surface area contributed by atoms with Gasteiger partial charge < -0.3 is 14.4 Å². The molecule has 4 rings (SSSR count). The van der Waals surface area contributed by atoms with Gasteiger partial charge in [-0.3, -0.25) is 4.79 Å². The summed E-state index contributed by atoms with van der Waals surface area (Å²) in [5, 5.41) is 0. The van der Waals surface area contributed by atoms with Crippen molar-refractivity contribution in [1.82, 2.24) is 10.4 Å². The summed E-state index contributed by atoms with van der Waals surface area (Å²) in [6.45, 7) is 1.90. The van der Waals surface area contributed by atoms with Crippen molar-refractivity contribution in [2.24, 2.45) is 0 Å². The predicted molar refractivity (Wildman–Crippen MR) is 109 cm³/mol. The quantitative estimate of drug-likeness (QED) is 0.763. The topological polar surface area (TPSA) is 77.1 Å². The van der Waals surface area contributed by atoms with E-state index in [0.29, 0.717) is 25.3 Å². The number of amides is 2. The Bertz CT molecular complexity index is 880. The minimum absolute atomic E-state index is 0.242. The Balaban J connectivity index is 1.33. The van der Waals surface area contributed by atoms with Crippen LogP contribution >= 0.6 is 0 Å². The van der Waals surface area contributed by atoms with Gasteiger partial charge in [-0.05, 0) is 48.1 Å². The lowest BCUT2D eigenvalue weighted by Gasteiger charge is -2.28. The summed E-state index contributed by atoms with van der Waals surface area (Å²) in [6, 6.07) is 15.1. The minimum atomic E-state index is -0.393. The number of hydrogen-bond donors (Lipinski definition) is 1. The molecular weight excluding hydrogens is 384 g/mol. The number of hydrogen-bond acceptors (Lipinski definition) is 5. The Morgan fingerprint density at radius 2 is 1.97 bits per heavy atom. The Kier molecular flexibility index (Phi) is 6.61. The van der Waals surface area contributed by atoms with E-state index < -0.39 is 6.29 Å². The molecule has 2 aromatic carbocycles. The molecule has 7 heteroatoms. The molecule has 0 radical (unpaired) electrons. The average molecular weight is 410 g/mol. The molecule has 2 heterocycles. The third-order valence-electron chi connectivity index (χ3n) is 5.37. The van der Waals surface area contributed by atoms with Gasteiger partial charge in [0.25, 0.3) is 5.91 Å². The van der Waals surface area contributed by atoms with Crippen LogP contribution < -0.4 is 5.48 Å². The van der Waals surface area contributed by atoms with Gasteiger partial charge in [0.2, 0.25) is 0 Å². The van der Waals surface area contributed by atoms with Crippen LogP contribution in [0.4, 0.5) is 4.79 Å². The van der Waals surface area contributed by atoms with Crippen LogP contribution in [0.5, 0.6) is 0 Å². The average Bonchev–Trinajstić information content (AvgIpc) is 2.81. The molecule has 2 amide bonds. The van der Waals surface area contributed by atoms with Gasteiger partial charge >= 0.3 is 6.09 Å². The normalized spacial score (nSPS) is 18.4. The molecule has 30 heavy (non-hydrogen) atoms. The third kappa shape index (κ3) is 5.17. The number of benzene rings is 2. The maximum atomic E-state index is 12.5. The molecule has 158 valence electrons. The first-order valence-electron chi connectivity index (χ1n) is 10.3. The molecule has 1 saturated heterocycles. The van der Waals surface area contributed by atoms with E-state index in [0.717, 1.165) is 42.4 Å². The van der Waals surface area contributed by atoms with Crippen molar-refractivity contribution < 1.29 is 23.9 Å². The lowest BCUT2D eigenvalue weighted by molar-refractivity contribution is -0.186. The molecule has 0 aromatic heterocycles. The number of nitrogens with zero attached hydrogens (tertiary/aromatic N) is 1. The van der Waals surface area contributed by atoms with Crippen LogP contribution in [0.1, 0.15) is 46.3 Å². The van der Waals surface area contributed by atoms with Gasteiger partial charge in [-0.2, -0.15) is 0 Å². The molecule has 2 aliphatic heterocycles. The first-order chi connectivity index (χ1) is 14.7. The van der Waals surface area contributed by atoms with Crippen molar-refractivity contribution in [3.05, 3.63) is 70.8 Å². The number of carbonyl (C=O) groups excluding carboxylic acids is 2. The summed E-state index contributed by atoms with van der Waals surface area (Å²) < 4.78 is 10.9. The number of nitrogens with one attached hydrogen (secondary N) is 1. The van der Waals surface area contributed by atoms with Gasteiger partial charge in [-0.25, -0.2) is 15.1 Å². The van der Waals surface area contributed by atoms with Gasteiger partial charge in [0.1, 0.15) is 6.61 Å². The number of carbonyl (C=O) groups is 2. The molecule has 0 saturated carbocycles. The maximum Gasteiger partial charge on any atom is 0.410 e. The van der Waals surface area contributed by atoms with Crippen LogP contribution in [-0.2, 0) is 33.9 Å². The number of fused-ring (bicyclic) bond motifs is 1. The standard InChI is InChI=1S/C23H26N2O5/c26-22(24-30-21-8-4-5-13-28-21)19-10-9-18-11-12-25(15-20(18)14-19)23(27)29-16-17-6-2-1-3-7-17/h1-3,6-7,9-10,14,21H,4-5,8,11-13,15-16H2,(H,24,26). The summed E-state index contributed by atoms with van der Waals surface area (Å²) >= 11 is 0. The Hall–Kier alpha value is -2.90. The molecule has 7 nitrogen and oxygen atoms in total. The van der Waals surface area contributed by atoms with Crippen molar-refractivity contribution >= 4 is 12.0 Å². The highest BCUT2D eigenvalue weighted by molar-refractivity contribution is 5.93. The Morgan fingerprint density at radius 3 is 2.77 bits per heavy atom. The van der Waals surface area contributed by atoms with E-state index in [1.54, 1.807) is 11.0 Å². The molecule has 0 bridgehead atoms. The van der Waals surface area contributed by atoms with E-state index in [2.05, 4.69) is 5.48 Å². The van der Waals surface area contributed by atoms with Crippen LogP contribution in [0, 0.1) is 0 Å². The van der Waals surface area contributed by atoms with E-state index >= 15 is 0 Å². The van der Waals surface area contributed by atoms with E-state index in [-0.39, 0.29) is 18.6 Å². The van der Waals surface area contributed by atoms with Crippen LogP contribution in [-0.4, -0.2) is 36.3 Å². The minimum Gasteiger partial charge on any atom is -0.445 e. The van der Waals surface area contributed by atoms with Crippen LogP contribution in [0.25, 0.3) is 0 Å². The van der Waals surface area contributed by atoms with E-state index in [1.807, 2.05) is 42.5 Å². The predicted octanol–water partition coefficient (Wildman–Crippen LogP) is 3.57. The molecule has 0 aliphatic carbocycles. The molecule has 1 atom stereocenters. The van der Waals surface area contributed by atoms with E-state index in [1.165, 1.54) is 0 Å². The molecule has 2 aliphatic rings. The number of ether oxygens (including phenoxy) is 2. The second-order valence-electron chi connectivity index (χ2n) is 7.54. The second-order valence-corrected chi connectivity index (χ2v) is 7.54. The SMILES string of the molecule is O=C(NOC1CCCCO1)c1ccc2c(c1)CN(C(=O)OCc1ccccc1)CC2. The van der Waals surface area contributed by atoms with Crippen molar-refractivity contribution in [2.75, 3.05) is 13.2 Å². The summed E-state index contributed by atoms with van der Waals surface area (Å²) in [5.41, 5.74) is 6.00. The van der Waals surface area contributed by atoms with Gasteiger partial charge in [0, 0.05) is 31.7 Å². The van der Waals surface area contributed by atoms with Crippen molar-refractivity contribution in [2.45, 2.75) is 45.1 Å². The van der Waals surface area contributed by atoms with E-state index in [9.17, 15) is 9.59 Å². The Morgan fingerprint density at radius 1 is 1.10 bits per heavy atom. The zero-order valence-corrected chi connectivity index (χ0v) is 16.8. The smallest absolute Gasteiger partial charge is 0.410 e. The molecule has 1 N–H and O–H groups in total. The summed E-state index contributed by atoms with van der Waals surface area (Å²) in [7, 11) is 0. The monoisotopic (exact) mass is 410 g/mol. The first-order valence-corrected chi connectivity index (χ1v) is 10.3. The fraction of sp³-hybridized carbons (Fsp3) is 0.391. The summed E-state index contributed by atoms with van der Waals surface area (Å²) in [4.78, 5) is 32.0. The van der Waals surface area contributed by atoms with Crippen molar-refractivity contribution in [3.63, 3.8) is 0 Å². The number of hydroxylamine groups is 1. The van der Waals surface area contributed by atoms with Crippen LogP contribution in [0.3, 0.4) is 0 Å². The van der Waals surface area contributed by atoms with Crippen LogP contribution in [0.15, 0.2) is 48.5 Å². The fourth-order valence-electron chi connectivity index (χ4n) is 3.65. The second kappa shape index (κ2) is 9.73. The highest BCUT2D eigenvalue weighted by Gasteiger charge is 2.23. The first kappa shape index (κ1) is 20.4. The number of rotatable bonds is 5. The summed E-state index contributed by atoms with van der Waals surface area (Å²) in [5.74, 6) is -0.323. The molecule has 1 fully saturated rings. The highest BCUT2D eigenvalue weighted by Crippen LogP contribution is 2.22. The summed E-state index contributed by atoms with van der Waals surface area (Å²) in [6.07, 6.45) is 2.79. The van der Waals surface area contributed by atoms with Crippen molar-refractivity contribution in [3.8, 4) is 0 Å². The highest BCUT2D eigenvalue weighted by atomic mass is 16.8. The van der Waals surface area contributed by atoms with Crippen LogP contribution in [0.2, 0.25) is 0 Å². The van der Waals surface area contributed by atoms with Gasteiger partial charge in [-0.1, -0.05) is 36.4 Å². The lowest BCUT2D eigenvalue weighted by atomic mass is 9.97. The molecule has 2 aromatic rings. The van der Waals surface area contributed by atoms with Crippen molar-refractivity contribution in [1.29, 1.82) is 0 Å². The molecule has 1 unspecified atom stereocenters. The zero-order valence-electron chi connectivity index (χ0n) is 16.8. The van der Waals surface area contributed by atoms with Gasteiger partial charge in [-0.15, -0.1) is 0 Å². The maximum absolute atomic E-state index is 12.5. The zero-order chi connectivity index (χ0) is 20.8. The Labute approximate surface area is 175 Å². The van der Waals surface area contributed by atoms with Gasteiger partial charge in [0.15, 0.2) is 6.29 Å². The largest absolute Gasteiger partial charge is 0.445 e. The van der Waals surface area contributed by atoms with Gasteiger partial charge in [0.05, 0.1) is 0 Å². The molecule has 0 spiro atoms. The third-order valence-corrected chi connectivity index (χ3v) is 5.37. The van der Waals surface area contributed by atoms with E-state index in [4.69, 9.17) is 14.3 Å².